The lowest BCUT2D eigenvalue weighted by Crippen LogP contribution is -2.47. The van der Waals surface area contributed by atoms with Gasteiger partial charge in [0.25, 0.3) is 5.56 Å². The standard InChI is InChI=1S/C19H24N2O4/c1-19(2,14-6-4-3-5-7-14)12-15-10-13(8-9-21(15)18(23)24)16-11-17(22)20-25-16/h3-7,11,13,15H,8-10,12H2,1-2H3,(H,20,22)(H,23,24). The fraction of sp³-hybridized carbons (Fsp3) is 0.474. The van der Waals surface area contributed by atoms with Gasteiger partial charge in [-0.2, -0.15) is 5.16 Å². The number of amides is 1. The largest absolute Gasteiger partial charge is 0.465 e. The van der Waals surface area contributed by atoms with Crippen LogP contribution in [0.4, 0.5) is 4.79 Å². The van der Waals surface area contributed by atoms with Crippen LogP contribution in [0.5, 0.6) is 0 Å². The Balaban J connectivity index is 1.81. The van der Waals surface area contributed by atoms with Crippen LogP contribution in [0, 0.1) is 0 Å². The van der Waals surface area contributed by atoms with Crippen LogP contribution in [-0.2, 0) is 5.41 Å². The summed E-state index contributed by atoms with van der Waals surface area (Å²) in [4.78, 5) is 24.6. The van der Waals surface area contributed by atoms with E-state index in [0.29, 0.717) is 31.6 Å². The van der Waals surface area contributed by atoms with E-state index in [4.69, 9.17) is 4.52 Å². The molecule has 1 aromatic carbocycles. The fourth-order valence-corrected chi connectivity index (χ4v) is 3.85. The molecule has 1 aliphatic heterocycles. The second-order valence-electron chi connectivity index (χ2n) is 7.42. The average molecular weight is 344 g/mol. The highest BCUT2D eigenvalue weighted by molar-refractivity contribution is 5.65. The minimum Gasteiger partial charge on any atom is -0.465 e. The maximum absolute atomic E-state index is 11.7. The minimum atomic E-state index is -0.886. The molecule has 0 bridgehead atoms. The number of hydrogen-bond acceptors (Lipinski definition) is 3. The van der Waals surface area contributed by atoms with Crippen molar-refractivity contribution in [1.29, 1.82) is 0 Å². The van der Waals surface area contributed by atoms with E-state index in [1.54, 1.807) is 0 Å². The summed E-state index contributed by atoms with van der Waals surface area (Å²) in [5, 5.41) is 11.9. The minimum absolute atomic E-state index is 0.0612. The number of rotatable bonds is 4. The Hall–Kier alpha value is -2.50. The van der Waals surface area contributed by atoms with Crippen molar-refractivity contribution in [3.8, 4) is 0 Å². The van der Waals surface area contributed by atoms with Crippen molar-refractivity contribution in [3.63, 3.8) is 0 Å². The molecule has 3 rings (SSSR count). The first-order valence-electron chi connectivity index (χ1n) is 8.60. The van der Waals surface area contributed by atoms with Gasteiger partial charge in [0, 0.05) is 24.6 Å². The second kappa shape index (κ2) is 6.78. The Morgan fingerprint density at radius 1 is 1.36 bits per heavy atom. The van der Waals surface area contributed by atoms with Crippen molar-refractivity contribution in [1.82, 2.24) is 10.1 Å². The van der Waals surface area contributed by atoms with E-state index in [1.807, 2.05) is 18.2 Å². The van der Waals surface area contributed by atoms with Crippen LogP contribution in [0.2, 0.25) is 0 Å². The summed E-state index contributed by atoms with van der Waals surface area (Å²) in [6, 6.07) is 11.5. The lowest BCUT2D eigenvalue weighted by atomic mass is 9.75. The van der Waals surface area contributed by atoms with E-state index in [2.05, 4.69) is 31.1 Å². The molecular weight excluding hydrogens is 320 g/mol. The molecule has 134 valence electrons. The normalized spacial score (nSPS) is 21.3. The predicted molar refractivity (Wildman–Crippen MR) is 93.9 cm³/mol. The van der Waals surface area contributed by atoms with Crippen LogP contribution in [0.15, 0.2) is 45.7 Å². The van der Waals surface area contributed by atoms with Crippen molar-refractivity contribution in [2.75, 3.05) is 6.54 Å². The number of carboxylic acid groups (broad SMARTS) is 1. The zero-order valence-electron chi connectivity index (χ0n) is 14.6. The maximum Gasteiger partial charge on any atom is 0.407 e. The zero-order chi connectivity index (χ0) is 18.0. The fourth-order valence-electron chi connectivity index (χ4n) is 3.85. The molecule has 2 aromatic rings. The summed E-state index contributed by atoms with van der Waals surface area (Å²) in [5.74, 6) is 0.684. The number of carbonyl (C=O) groups is 1. The number of nitrogens with zero attached hydrogens (tertiary/aromatic N) is 1. The lowest BCUT2D eigenvalue weighted by Gasteiger charge is -2.41. The first-order chi connectivity index (χ1) is 11.9. The molecule has 0 saturated carbocycles. The third kappa shape index (κ3) is 3.78. The molecule has 1 amide bonds. The summed E-state index contributed by atoms with van der Waals surface area (Å²) in [5.41, 5.74) is 0.785. The second-order valence-corrected chi connectivity index (χ2v) is 7.42. The Morgan fingerprint density at radius 2 is 2.08 bits per heavy atom. The van der Waals surface area contributed by atoms with Gasteiger partial charge in [-0.05, 0) is 30.2 Å². The Bertz CT molecular complexity index is 778. The van der Waals surface area contributed by atoms with Crippen molar-refractivity contribution in [3.05, 3.63) is 58.1 Å². The third-order valence-electron chi connectivity index (χ3n) is 5.21. The van der Waals surface area contributed by atoms with Gasteiger partial charge in [0.1, 0.15) is 5.76 Å². The van der Waals surface area contributed by atoms with Crippen LogP contribution in [-0.4, -0.2) is 33.8 Å². The van der Waals surface area contributed by atoms with Gasteiger partial charge in [0.15, 0.2) is 0 Å². The van der Waals surface area contributed by atoms with Gasteiger partial charge in [0.2, 0.25) is 0 Å². The molecule has 1 aromatic heterocycles. The molecule has 6 heteroatoms. The Labute approximate surface area is 146 Å². The summed E-state index contributed by atoms with van der Waals surface area (Å²) in [6.07, 6.45) is 1.15. The number of benzene rings is 1. The van der Waals surface area contributed by atoms with E-state index in [0.717, 1.165) is 0 Å². The Morgan fingerprint density at radius 3 is 2.68 bits per heavy atom. The maximum atomic E-state index is 11.7. The summed E-state index contributed by atoms with van der Waals surface area (Å²) >= 11 is 0. The molecule has 2 heterocycles. The van der Waals surface area contributed by atoms with Crippen LogP contribution in [0.3, 0.4) is 0 Å². The highest BCUT2D eigenvalue weighted by Crippen LogP contribution is 2.37. The van der Waals surface area contributed by atoms with Crippen LogP contribution in [0.1, 0.15) is 50.4 Å². The van der Waals surface area contributed by atoms with Gasteiger partial charge >= 0.3 is 6.09 Å². The van der Waals surface area contributed by atoms with E-state index >= 15 is 0 Å². The number of likely N-dealkylation sites (tertiary alicyclic amines) is 1. The van der Waals surface area contributed by atoms with Gasteiger partial charge in [0.05, 0.1) is 0 Å². The van der Waals surface area contributed by atoms with E-state index < -0.39 is 6.09 Å². The third-order valence-corrected chi connectivity index (χ3v) is 5.21. The van der Waals surface area contributed by atoms with Gasteiger partial charge in [-0.3, -0.25) is 4.79 Å². The smallest absolute Gasteiger partial charge is 0.407 e. The molecule has 0 spiro atoms. The molecule has 2 unspecified atom stereocenters. The summed E-state index contributed by atoms with van der Waals surface area (Å²) < 4.78 is 5.26. The molecule has 1 fully saturated rings. The first kappa shape index (κ1) is 17.3. The van der Waals surface area contributed by atoms with Gasteiger partial charge in [-0.15, -0.1) is 0 Å². The van der Waals surface area contributed by atoms with Gasteiger partial charge in [-0.25, -0.2) is 4.79 Å². The number of nitrogens with one attached hydrogen (secondary N) is 1. The molecule has 1 saturated heterocycles. The molecule has 0 radical (unpaired) electrons. The SMILES string of the molecule is CC(C)(CC1CC(c2cc(=O)[nH]o2)CCN1C(=O)O)c1ccccc1. The van der Waals surface area contributed by atoms with E-state index in [9.17, 15) is 14.7 Å². The molecule has 25 heavy (non-hydrogen) atoms. The molecule has 2 N–H and O–H groups in total. The van der Waals surface area contributed by atoms with Crippen LogP contribution in [0.25, 0.3) is 0 Å². The van der Waals surface area contributed by atoms with Crippen LogP contribution < -0.4 is 5.56 Å². The van der Waals surface area contributed by atoms with E-state index in [-0.39, 0.29) is 22.9 Å². The number of hydrogen-bond donors (Lipinski definition) is 2. The average Bonchev–Trinajstić information content (AvgIpc) is 3.01. The number of aromatic amines is 1. The molecule has 2 atom stereocenters. The van der Waals surface area contributed by atoms with E-state index in [1.165, 1.54) is 16.5 Å². The van der Waals surface area contributed by atoms with Gasteiger partial charge in [-0.1, -0.05) is 44.2 Å². The topological polar surface area (TPSA) is 86.5 Å². The predicted octanol–water partition coefficient (Wildman–Crippen LogP) is 3.56. The van der Waals surface area contributed by atoms with Crippen molar-refractivity contribution < 1.29 is 14.4 Å². The number of H-pyrrole nitrogens is 1. The van der Waals surface area contributed by atoms with Crippen molar-refractivity contribution >= 4 is 6.09 Å². The van der Waals surface area contributed by atoms with Crippen molar-refractivity contribution in [2.24, 2.45) is 0 Å². The quantitative estimate of drug-likeness (QED) is 0.888. The summed E-state index contributed by atoms with van der Waals surface area (Å²) in [7, 11) is 0. The monoisotopic (exact) mass is 344 g/mol. The number of aromatic nitrogens is 1. The highest BCUT2D eigenvalue weighted by atomic mass is 16.5. The zero-order valence-corrected chi connectivity index (χ0v) is 14.6. The lowest BCUT2D eigenvalue weighted by molar-refractivity contribution is 0.0854. The first-order valence-corrected chi connectivity index (χ1v) is 8.60. The molecule has 1 aliphatic rings. The summed E-state index contributed by atoms with van der Waals surface area (Å²) in [6.45, 7) is 4.73. The number of piperidine rings is 1. The molecular formula is C19H24N2O4. The molecule has 6 nitrogen and oxygen atoms in total. The van der Waals surface area contributed by atoms with Gasteiger partial charge < -0.3 is 14.5 Å². The van der Waals surface area contributed by atoms with Crippen molar-refractivity contribution in [2.45, 2.75) is 50.5 Å². The van der Waals surface area contributed by atoms with Crippen LogP contribution >= 0.6 is 0 Å². The Kier molecular flexibility index (Phi) is 4.70. The highest BCUT2D eigenvalue weighted by Gasteiger charge is 2.37. The molecule has 0 aliphatic carbocycles.